The van der Waals surface area contributed by atoms with Crippen LogP contribution in [-0.4, -0.2) is 37.5 Å². The molecule has 8 heteroatoms. The molecule has 0 saturated carbocycles. The number of amides is 1. The van der Waals surface area contributed by atoms with Gasteiger partial charge in [0, 0.05) is 43.0 Å². The predicted molar refractivity (Wildman–Crippen MR) is 115 cm³/mol. The number of primary amides is 1. The molecule has 0 aliphatic carbocycles. The predicted octanol–water partition coefficient (Wildman–Crippen LogP) is 3.01. The Labute approximate surface area is 172 Å². The lowest BCUT2D eigenvalue weighted by Crippen LogP contribution is -2.20. The first kappa shape index (κ1) is 17.9. The number of hydrogen-bond donors (Lipinski definition) is 2. The number of rotatable bonds is 5. The average Bonchev–Trinajstić information content (AvgIpc) is 3.38. The Balaban J connectivity index is 1.70. The van der Waals surface area contributed by atoms with Crippen LogP contribution >= 0.6 is 0 Å². The van der Waals surface area contributed by atoms with Crippen LogP contribution < -0.4 is 10.6 Å². The van der Waals surface area contributed by atoms with E-state index in [9.17, 15) is 4.79 Å². The van der Waals surface area contributed by atoms with E-state index in [4.69, 9.17) is 10.7 Å². The number of carbonyl (C=O) groups is 1. The molecule has 4 heterocycles. The van der Waals surface area contributed by atoms with Gasteiger partial charge in [0.15, 0.2) is 5.65 Å². The Morgan fingerprint density at radius 1 is 1.20 bits per heavy atom. The second-order valence-corrected chi connectivity index (χ2v) is 7.10. The highest BCUT2D eigenvalue weighted by Gasteiger charge is 2.19. The fourth-order valence-corrected chi connectivity index (χ4v) is 3.64. The van der Waals surface area contributed by atoms with E-state index in [1.165, 1.54) is 6.20 Å². The number of pyridine rings is 1. The summed E-state index contributed by atoms with van der Waals surface area (Å²) in [4.78, 5) is 26.3. The third kappa shape index (κ3) is 2.95. The molecule has 1 amide bonds. The molecular formula is C22H19N7O. The van der Waals surface area contributed by atoms with Crippen molar-refractivity contribution in [3.05, 3.63) is 78.2 Å². The van der Waals surface area contributed by atoms with Gasteiger partial charge >= 0.3 is 0 Å². The van der Waals surface area contributed by atoms with Crippen molar-refractivity contribution < 1.29 is 4.79 Å². The smallest absolute Gasteiger partial charge is 0.254 e. The molecular weight excluding hydrogens is 378 g/mol. The Hall–Kier alpha value is -4.20. The molecule has 0 saturated heterocycles. The van der Waals surface area contributed by atoms with Crippen LogP contribution in [0.3, 0.4) is 0 Å². The van der Waals surface area contributed by atoms with E-state index >= 15 is 0 Å². The van der Waals surface area contributed by atoms with Crippen molar-refractivity contribution in [2.24, 2.45) is 5.73 Å². The monoisotopic (exact) mass is 397 g/mol. The molecule has 4 aromatic heterocycles. The van der Waals surface area contributed by atoms with E-state index in [0.717, 1.165) is 28.0 Å². The molecule has 148 valence electrons. The number of benzene rings is 1. The minimum absolute atomic E-state index is 0.282. The number of nitrogens with zero attached hydrogens (tertiary/aromatic N) is 5. The molecule has 5 rings (SSSR count). The van der Waals surface area contributed by atoms with E-state index in [2.05, 4.69) is 32.1 Å². The molecule has 0 unspecified atom stereocenters. The molecule has 0 fully saturated rings. The van der Waals surface area contributed by atoms with Gasteiger partial charge in [0.2, 0.25) is 0 Å². The van der Waals surface area contributed by atoms with Crippen LogP contribution in [0.25, 0.3) is 27.9 Å². The zero-order chi connectivity index (χ0) is 20.7. The second kappa shape index (κ2) is 7.00. The molecule has 0 aliphatic rings. The van der Waals surface area contributed by atoms with Crippen LogP contribution in [-0.2, 0) is 6.54 Å². The van der Waals surface area contributed by atoms with E-state index in [1.54, 1.807) is 10.7 Å². The molecule has 0 radical (unpaired) electrons. The third-order valence-electron chi connectivity index (χ3n) is 5.10. The first-order valence-corrected chi connectivity index (χ1v) is 9.48. The zero-order valence-corrected chi connectivity index (χ0v) is 16.3. The number of H-pyrrole nitrogens is 1. The van der Waals surface area contributed by atoms with Gasteiger partial charge in [-0.1, -0.05) is 30.3 Å². The number of nitrogens with two attached hydrogens (primary N) is 1. The van der Waals surface area contributed by atoms with E-state index < -0.39 is 5.91 Å². The van der Waals surface area contributed by atoms with Gasteiger partial charge < -0.3 is 15.6 Å². The lowest BCUT2D eigenvalue weighted by atomic mass is 10.1. The van der Waals surface area contributed by atoms with Gasteiger partial charge in [0.1, 0.15) is 17.0 Å². The summed E-state index contributed by atoms with van der Waals surface area (Å²) in [5.41, 5.74) is 9.81. The van der Waals surface area contributed by atoms with Gasteiger partial charge in [-0.2, -0.15) is 9.61 Å². The van der Waals surface area contributed by atoms with Crippen LogP contribution in [0.15, 0.2) is 67.1 Å². The van der Waals surface area contributed by atoms with E-state index in [-0.39, 0.29) is 5.56 Å². The highest BCUT2D eigenvalue weighted by molar-refractivity contribution is 5.99. The molecule has 3 N–H and O–H groups in total. The van der Waals surface area contributed by atoms with Crippen LogP contribution in [0.5, 0.6) is 0 Å². The SMILES string of the molecule is CN(Cc1ccccc1)c1cc(-c2c[nH]c3ncccc23)nc2c(C(N)=O)cnn12. The van der Waals surface area contributed by atoms with Crippen molar-refractivity contribution in [2.45, 2.75) is 6.54 Å². The zero-order valence-electron chi connectivity index (χ0n) is 16.3. The van der Waals surface area contributed by atoms with Crippen molar-refractivity contribution in [1.82, 2.24) is 24.6 Å². The molecule has 30 heavy (non-hydrogen) atoms. The van der Waals surface area contributed by atoms with Crippen LogP contribution in [0, 0.1) is 0 Å². The minimum atomic E-state index is -0.563. The summed E-state index contributed by atoms with van der Waals surface area (Å²) in [6, 6.07) is 16.0. The first-order valence-electron chi connectivity index (χ1n) is 9.48. The molecule has 8 nitrogen and oxygen atoms in total. The normalized spacial score (nSPS) is 11.2. The largest absolute Gasteiger partial charge is 0.365 e. The van der Waals surface area contributed by atoms with Crippen LogP contribution in [0.1, 0.15) is 15.9 Å². The van der Waals surface area contributed by atoms with Crippen molar-refractivity contribution in [3.63, 3.8) is 0 Å². The summed E-state index contributed by atoms with van der Waals surface area (Å²) >= 11 is 0. The first-order chi connectivity index (χ1) is 14.6. The summed E-state index contributed by atoms with van der Waals surface area (Å²) in [7, 11) is 1.98. The summed E-state index contributed by atoms with van der Waals surface area (Å²) in [5, 5.41) is 5.33. The molecule has 5 aromatic rings. The Morgan fingerprint density at radius 3 is 2.83 bits per heavy atom. The standard InChI is InChI=1S/C22H19N7O/c1-28(13-14-6-3-2-4-7-14)19-10-18(16-11-25-21-15(16)8-5-9-24-21)27-22-17(20(23)30)12-26-29(19)22/h2-12H,13H2,1H3,(H2,23,30)(H,24,25). The Kier molecular flexibility index (Phi) is 4.17. The van der Waals surface area contributed by atoms with Gasteiger partial charge in [0.25, 0.3) is 5.91 Å². The lowest BCUT2D eigenvalue weighted by molar-refractivity contribution is 0.100. The fraction of sp³-hybridized carbons (Fsp3) is 0.0909. The Morgan fingerprint density at radius 2 is 2.03 bits per heavy atom. The molecule has 0 bridgehead atoms. The topological polar surface area (TPSA) is 105 Å². The van der Waals surface area contributed by atoms with Gasteiger partial charge in [-0.15, -0.1) is 0 Å². The highest BCUT2D eigenvalue weighted by Crippen LogP contribution is 2.30. The van der Waals surface area contributed by atoms with Crippen molar-refractivity contribution in [1.29, 1.82) is 0 Å². The van der Waals surface area contributed by atoms with E-state index in [1.807, 2.05) is 49.6 Å². The number of hydrogen-bond acceptors (Lipinski definition) is 5. The second-order valence-electron chi connectivity index (χ2n) is 7.10. The number of carbonyl (C=O) groups excluding carboxylic acids is 1. The average molecular weight is 397 g/mol. The molecule has 0 spiro atoms. The highest BCUT2D eigenvalue weighted by atomic mass is 16.1. The number of aromatic nitrogens is 5. The number of nitrogens with one attached hydrogen (secondary N) is 1. The lowest BCUT2D eigenvalue weighted by Gasteiger charge is -2.21. The van der Waals surface area contributed by atoms with Crippen molar-refractivity contribution >= 4 is 28.4 Å². The summed E-state index contributed by atoms with van der Waals surface area (Å²) < 4.78 is 1.65. The number of aromatic amines is 1. The van der Waals surface area contributed by atoms with Gasteiger partial charge in [0.05, 0.1) is 11.9 Å². The number of fused-ring (bicyclic) bond motifs is 2. The van der Waals surface area contributed by atoms with Gasteiger partial charge in [-0.25, -0.2) is 9.97 Å². The fourth-order valence-electron chi connectivity index (χ4n) is 3.64. The van der Waals surface area contributed by atoms with Crippen LogP contribution in [0.4, 0.5) is 5.82 Å². The molecule has 0 atom stereocenters. The maximum atomic E-state index is 12.0. The van der Waals surface area contributed by atoms with Crippen molar-refractivity contribution in [2.75, 3.05) is 11.9 Å². The molecule has 1 aromatic carbocycles. The Bertz CT molecular complexity index is 1370. The molecule has 0 aliphatic heterocycles. The maximum Gasteiger partial charge on any atom is 0.254 e. The van der Waals surface area contributed by atoms with E-state index in [0.29, 0.717) is 17.9 Å². The maximum absolute atomic E-state index is 12.0. The van der Waals surface area contributed by atoms with Gasteiger partial charge in [-0.05, 0) is 17.7 Å². The van der Waals surface area contributed by atoms with Crippen molar-refractivity contribution in [3.8, 4) is 11.3 Å². The summed E-state index contributed by atoms with van der Waals surface area (Å²) in [6.07, 6.45) is 5.07. The number of anilines is 1. The summed E-state index contributed by atoms with van der Waals surface area (Å²) in [5.74, 6) is 0.233. The van der Waals surface area contributed by atoms with Gasteiger partial charge in [-0.3, -0.25) is 4.79 Å². The van der Waals surface area contributed by atoms with Crippen LogP contribution in [0.2, 0.25) is 0 Å². The minimum Gasteiger partial charge on any atom is -0.365 e. The summed E-state index contributed by atoms with van der Waals surface area (Å²) in [6.45, 7) is 0.667. The third-order valence-corrected chi connectivity index (χ3v) is 5.10. The quantitative estimate of drug-likeness (QED) is 0.474.